The maximum Gasteiger partial charge on any atom is 0.326 e. The summed E-state index contributed by atoms with van der Waals surface area (Å²) >= 11 is 6.08. The summed E-state index contributed by atoms with van der Waals surface area (Å²) < 4.78 is 0. The Morgan fingerprint density at radius 2 is 2.17 bits per heavy atom. The largest absolute Gasteiger partial charge is 0.480 e. The van der Waals surface area contributed by atoms with Gasteiger partial charge < -0.3 is 15.7 Å². The lowest BCUT2D eigenvalue weighted by Gasteiger charge is -2.21. The number of nitrogens with zero attached hydrogens (tertiary/aromatic N) is 1. The van der Waals surface area contributed by atoms with Crippen LogP contribution in [0.3, 0.4) is 0 Å². The molecule has 3 amide bonds. The fourth-order valence-electron chi connectivity index (χ4n) is 2.48. The van der Waals surface area contributed by atoms with E-state index in [0.717, 1.165) is 0 Å². The molecule has 0 aliphatic carbocycles. The van der Waals surface area contributed by atoms with Crippen LogP contribution in [0.5, 0.6) is 0 Å². The molecule has 1 fully saturated rings. The molecular weight excluding hydrogens is 334 g/mol. The molecule has 130 valence electrons. The second-order valence-corrected chi connectivity index (χ2v) is 6.13. The molecule has 0 spiro atoms. The number of nitrogens with one attached hydrogen (secondary N) is 2. The summed E-state index contributed by atoms with van der Waals surface area (Å²) in [4.78, 5) is 37.1. The molecule has 24 heavy (non-hydrogen) atoms. The molecule has 7 nitrogen and oxygen atoms in total. The van der Waals surface area contributed by atoms with Crippen LogP contribution in [0.1, 0.15) is 30.6 Å². The lowest BCUT2D eigenvalue weighted by Crippen LogP contribution is -2.45. The lowest BCUT2D eigenvalue weighted by atomic mass is 9.99. The van der Waals surface area contributed by atoms with Crippen LogP contribution < -0.4 is 15.5 Å². The number of carboxylic acids is 1. The molecule has 1 aromatic rings. The van der Waals surface area contributed by atoms with Crippen molar-refractivity contribution in [3.63, 3.8) is 0 Å². The fraction of sp³-hybridized carbons (Fsp3) is 0.438. The molecule has 0 radical (unpaired) electrons. The predicted octanol–water partition coefficient (Wildman–Crippen LogP) is 2.10. The highest BCUT2D eigenvalue weighted by atomic mass is 35.5. The Balaban J connectivity index is 2.25. The normalized spacial score (nSPS) is 16.5. The molecule has 1 saturated heterocycles. The minimum atomic E-state index is -1.09. The maximum atomic E-state index is 12.5. The molecule has 1 aliphatic rings. The number of halogens is 1. The van der Waals surface area contributed by atoms with Crippen molar-refractivity contribution in [1.29, 1.82) is 0 Å². The number of hydrogen-bond acceptors (Lipinski definition) is 3. The first kappa shape index (κ1) is 18.1. The fourth-order valence-corrected chi connectivity index (χ4v) is 2.68. The summed E-state index contributed by atoms with van der Waals surface area (Å²) in [5.74, 6) is -1.89. The van der Waals surface area contributed by atoms with Crippen molar-refractivity contribution in [2.75, 3.05) is 18.0 Å². The van der Waals surface area contributed by atoms with Gasteiger partial charge in [-0.05, 0) is 24.1 Å². The Morgan fingerprint density at radius 3 is 2.71 bits per heavy atom. The van der Waals surface area contributed by atoms with E-state index >= 15 is 0 Å². The van der Waals surface area contributed by atoms with E-state index in [-0.39, 0.29) is 22.5 Å². The number of aliphatic carboxylic acids is 1. The van der Waals surface area contributed by atoms with Crippen LogP contribution in [-0.2, 0) is 4.79 Å². The number of benzene rings is 1. The summed E-state index contributed by atoms with van der Waals surface area (Å²) in [6, 6.07) is 3.42. The molecule has 1 aliphatic heterocycles. The molecule has 2 atom stereocenters. The third-order valence-corrected chi connectivity index (χ3v) is 4.46. The molecule has 0 aromatic heterocycles. The number of carbonyl (C=O) groups excluding carboxylic acids is 2. The lowest BCUT2D eigenvalue weighted by molar-refractivity contribution is -0.140. The van der Waals surface area contributed by atoms with Crippen molar-refractivity contribution in [1.82, 2.24) is 10.6 Å². The van der Waals surface area contributed by atoms with Gasteiger partial charge in [0.1, 0.15) is 6.04 Å². The highest BCUT2D eigenvalue weighted by Gasteiger charge is 2.27. The van der Waals surface area contributed by atoms with Crippen molar-refractivity contribution in [3.05, 3.63) is 28.8 Å². The molecular formula is C16H20ClN3O4. The van der Waals surface area contributed by atoms with Crippen molar-refractivity contribution in [2.24, 2.45) is 5.92 Å². The van der Waals surface area contributed by atoms with E-state index in [4.69, 9.17) is 11.6 Å². The molecule has 2 unspecified atom stereocenters. The summed E-state index contributed by atoms with van der Waals surface area (Å²) in [7, 11) is 0. The number of rotatable bonds is 6. The van der Waals surface area contributed by atoms with Gasteiger partial charge in [0.15, 0.2) is 0 Å². The Hall–Kier alpha value is -2.28. The smallest absolute Gasteiger partial charge is 0.326 e. The molecule has 1 aromatic carbocycles. The Morgan fingerprint density at radius 1 is 1.46 bits per heavy atom. The van der Waals surface area contributed by atoms with Gasteiger partial charge in [-0.15, -0.1) is 0 Å². The molecule has 0 saturated carbocycles. The topological polar surface area (TPSA) is 98.7 Å². The molecule has 2 rings (SSSR count). The first-order valence-electron chi connectivity index (χ1n) is 7.73. The average Bonchev–Trinajstić information content (AvgIpc) is 2.98. The van der Waals surface area contributed by atoms with Crippen LogP contribution in [-0.4, -0.2) is 42.1 Å². The second-order valence-electron chi connectivity index (χ2n) is 5.72. The first-order valence-corrected chi connectivity index (χ1v) is 8.11. The van der Waals surface area contributed by atoms with Gasteiger partial charge in [0.25, 0.3) is 5.91 Å². The van der Waals surface area contributed by atoms with Crippen molar-refractivity contribution in [3.8, 4) is 0 Å². The number of hydrogen-bond donors (Lipinski definition) is 3. The summed E-state index contributed by atoms with van der Waals surface area (Å²) in [5.41, 5.74) is 0.679. The van der Waals surface area contributed by atoms with Crippen LogP contribution in [0.2, 0.25) is 5.02 Å². The molecule has 0 bridgehead atoms. The standard InChI is InChI=1S/C16H20ClN3O4/c1-3-9(2)13(15(22)23)19-14(21)11-8-10(4-5-12(11)17)20-7-6-18-16(20)24/h4-5,8-9,13H,3,6-7H2,1-2H3,(H,18,24)(H,19,21)(H,22,23). The summed E-state index contributed by atoms with van der Waals surface area (Å²) in [6.07, 6.45) is 0.610. The Labute approximate surface area is 145 Å². The zero-order valence-corrected chi connectivity index (χ0v) is 14.3. The van der Waals surface area contributed by atoms with Gasteiger partial charge in [-0.1, -0.05) is 31.9 Å². The minimum Gasteiger partial charge on any atom is -0.480 e. The van der Waals surface area contributed by atoms with Crippen molar-refractivity contribution < 1.29 is 19.5 Å². The van der Waals surface area contributed by atoms with Crippen LogP contribution in [0.25, 0.3) is 0 Å². The highest BCUT2D eigenvalue weighted by molar-refractivity contribution is 6.34. The van der Waals surface area contributed by atoms with Gasteiger partial charge in [-0.2, -0.15) is 0 Å². The van der Waals surface area contributed by atoms with Crippen molar-refractivity contribution in [2.45, 2.75) is 26.3 Å². The third kappa shape index (κ3) is 3.79. The Kier molecular flexibility index (Phi) is 5.66. The van der Waals surface area contributed by atoms with E-state index in [2.05, 4.69) is 10.6 Å². The number of amides is 3. The maximum absolute atomic E-state index is 12.5. The Bertz CT molecular complexity index is 665. The van der Waals surface area contributed by atoms with E-state index in [0.29, 0.717) is 25.2 Å². The van der Waals surface area contributed by atoms with Crippen LogP contribution in [0.15, 0.2) is 18.2 Å². The summed E-state index contributed by atoms with van der Waals surface area (Å²) in [5, 5.41) is 14.7. The van der Waals surface area contributed by atoms with E-state index < -0.39 is 17.9 Å². The SMILES string of the molecule is CCC(C)C(NC(=O)c1cc(N2CCNC2=O)ccc1Cl)C(=O)O. The average molecular weight is 354 g/mol. The van der Waals surface area contributed by atoms with Crippen LogP contribution in [0.4, 0.5) is 10.5 Å². The second kappa shape index (κ2) is 7.53. The third-order valence-electron chi connectivity index (χ3n) is 4.13. The van der Waals surface area contributed by atoms with E-state index in [1.807, 2.05) is 6.92 Å². The monoisotopic (exact) mass is 353 g/mol. The first-order chi connectivity index (χ1) is 11.3. The predicted molar refractivity (Wildman–Crippen MR) is 90.5 cm³/mol. The van der Waals surface area contributed by atoms with Gasteiger partial charge in [0.2, 0.25) is 0 Å². The minimum absolute atomic E-state index is 0.142. The van der Waals surface area contributed by atoms with Gasteiger partial charge in [0.05, 0.1) is 10.6 Å². The number of anilines is 1. The van der Waals surface area contributed by atoms with Gasteiger partial charge in [-0.3, -0.25) is 9.69 Å². The number of carbonyl (C=O) groups is 3. The van der Waals surface area contributed by atoms with Crippen LogP contribution in [0, 0.1) is 5.92 Å². The van der Waals surface area contributed by atoms with E-state index in [9.17, 15) is 19.5 Å². The van der Waals surface area contributed by atoms with Gasteiger partial charge in [-0.25, -0.2) is 9.59 Å². The zero-order chi connectivity index (χ0) is 17.9. The van der Waals surface area contributed by atoms with E-state index in [1.54, 1.807) is 13.0 Å². The number of urea groups is 1. The molecule has 8 heteroatoms. The van der Waals surface area contributed by atoms with Crippen molar-refractivity contribution >= 4 is 35.2 Å². The van der Waals surface area contributed by atoms with Crippen LogP contribution >= 0.6 is 11.6 Å². The molecule has 1 heterocycles. The van der Waals surface area contributed by atoms with E-state index in [1.165, 1.54) is 17.0 Å². The highest BCUT2D eigenvalue weighted by Crippen LogP contribution is 2.25. The van der Waals surface area contributed by atoms with Gasteiger partial charge in [0, 0.05) is 18.8 Å². The zero-order valence-electron chi connectivity index (χ0n) is 13.5. The quantitative estimate of drug-likeness (QED) is 0.729. The number of carboxylic acid groups (broad SMARTS) is 1. The molecule has 3 N–H and O–H groups in total. The summed E-state index contributed by atoms with van der Waals surface area (Å²) in [6.45, 7) is 4.63. The van der Waals surface area contributed by atoms with Gasteiger partial charge >= 0.3 is 12.0 Å².